The Morgan fingerprint density at radius 2 is 1.84 bits per heavy atom. The molecule has 1 aromatic heterocycles. The van der Waals surface area contributed by atoms with E-state index in [0.717, 1.165) is 29.1 Å². The van der Waals surface area contributed by atoms with E-state index in [1.54, 1.807) is 0 Å². The fourth-order valence-corrected chi connectivity index (χ4v) is 1.82. The Labute approximate surface area is 113 Å². The maximum absolute atomic E-state index is 5.72. The third kappa shape index (κ3) is 3.44. The van der Waals surface area contributed by atoms with Gasteiger partial charge in [-0.3, -0.25) is 0 Å². The predicted octanol–water partition coefficient (Wildman–Crippen LogP) is 3.08. The van der Waals surface area contributed by atoms with Gasteiger partial charge in [0, 0.05) is 11.3 Å². The highest BCUT2D eigenvalue weighted by atomic mass is 16.5. The molecular weight excluding hydrogens is 238 g/mol. The van der Waals surface area contributed by atoms with E-state index < -0.39 is 0 Å². The molecule has 0 spiro atoms. The van der Waals surface area contributed by atoms with Crippen LogP contribution in [0.25, 0.3) is 11.3 Å². The van der Waals surface area contributed by atoms with Crippen molar-refractivity contribution in [2.45, 2.75) is 33.3 Å². The van der Waals surface area contributed by atoms with Crippen LogP contribution in [0.15, 0.2) is 30.3 Å². The smallest absolute Gasteiger partial charge is 0.220 e. The number of nitrogens with zero attached hydrogens (tertiary/aromatic N) is 2. The van der Waals surface area contributed by atoms with Gasteiger partial charge in [-0.25, -0.2) is 9.97 Å². The van der Waals surface area contributed by atoms with E-state index in [0.29, 0.717) is 5.95 Å². The molecule has 0 bridgehead atoms. The van der Waals surface area contributed by atoms with Crippen LogP contribution in [0.5, 0.6) is 5.75 Å². The normalized spacial score (nSPS) is 10.7. The molecule has 0 aliphatic rings. The maximum atomic E-state index is 5.72. The molecule has 2 rings (SSSR count). The standard InChI is InChI=1S/C15H19N3O/c1-4-12-9-14(18-15(16)17-12)11-5-7-13(8-6-11)19-10(2)3/h5-10H,4H2,1-3H3,(H2,16,17,18). The molecule has 1 heterocycles. The minimum absolute atomic E-state index is 0.173. The SMILES string of the molecule is CCc1cc(-c2ccc(OC(C)C)cc2)nc(N)n1. The van der Waals surface area contributed by atoms with E-state index >= 15 is 0 Å². The summed E-state index contributed by atoms with van der Waals surface area (Å²) in [4.78, 5) is 8.45. The first-order chi connectivity index (χ1) is 9.08. The van der Waals surface area contributed by atoms with Gasteiger partial charge in [-0.2, -0.15) is 0 Å². The molecule has 0 saturated carbocycles. The topological polar surface area (TPSA) is 61.0 Å². The highest BCUT2D eigenvalue weighted by Crippen LogP contribution is 2.22. The molecule has 0 saturated heterocycles. The van der Waals surface area contributed by atoms with Gasteiger partial charge in [0.25, 0.3) is 0 Å². The van der Waals surface area contributed by atoms with Crippen molar-refractivity contribution >= 4 is 5.95 Å². The lowest BCUT2D eigenvalue weighted by Crippen LogP contribution is -2.05. The van der Waals surface area contributed by atoms with Crippen LogP contribution >= 0.6 is 0 Å². The van der Waals surface area contributed by atoms with Crippen molar-refractivity contribution in [3.63, 3.8) is 0 Å². The van der Waals surface area contributed by atoms with Gasteiger partial charge in [0.05, 0.1) is 11.8 Å². The Hall–Kier alpha value is -2.10. The summed E-state index contributed by atoms with van der Waals surface area (Å²) in [7, 11) is 0. The molecule has 0 aliphatic carbocycles. The van der Waals surface area contributed by atoms with Gasteiger partial charge in [0.1, 0.15) is 5.75 Å². The monoisotopic (exact) mass is 257 g/mol. The highest BCUT2D eigenvalue weighted by molar-refractivity contribution is 5.61. The quantitative estimate of drug-likeness (QED) is 0.914. The zero-order chi connectivity index (χ0) is 13.8. The molecule has 100 valence electrons. The molecule has 0 amide bonds. The second kappa shape index (κ2) is 5.69. The van der Waals surface area contributed by atoms with Crippen molar-refractivity contribution in [3.05, 3.63) is 36.0 Å². The first-order valence-electron chi connectivity index (χ1n) is 6.49. The van der Waals surface area contributed by atoms with Gasteiger partial charge in [0.2, 0.25) is 5.95 Å². The first-order valence-corrected chi connectivity index (χ1v) is 6.49. The lowest BCUT2D eigenvalue weighted by Gasteiger charge is -2.10. The maximum Gasteiger partial charge on any atom is 0.220 e. The van der Waals surface area contributed by atoms with E-state index in [-0.39, 0.29) is 6.10 Å². The number of rotatable bonds is 4. The number of nitrogens with two attached hydrogens (primary N) is 1. The Kier molecular flexibility index (Phi) is 4.00. The number of aryl methyl sites for hydroxylation is 1. The van der Waals surface area contributed by atoms with Crippen LogP contribution in [-0.2, 0) is 6.42 Å². The second-order valence-electron chi connectivity index (χ2n) is 4.65. The molecule has 4 heteroatoms. The minimum atomic E-state index is 0.173. The summed E-state index contributed by atoms with van der Waals surface area (Å²) in [5.41, 5.74) is 8.53. The third-order valence-corrected chi connectivity index (χ3v) is 2.68. The van der Waals surface area contributed by atoms with Gasteiger partial charge in [-0.15, -0.1) is 0 Å². The van der Waals surface area contributed by atoms with Crippen LogP contribution in [0.3, 0.4) is 0 Å². The Morgan fingerprint density at radius 3 is 2.42 bits per heavy atom. The summed E-state index contributed by atoms with van der Waals surface area (Å²) in [6.07, 6.45) is 1.01. The number of hydrogen-bond acceptors (Lipinski definition) is 4. The lowest BCUT2D eigenvalue weighted by molar-refractivity contribution is 0.242. The lowest BCUT2D eigenvalue weighted by atomic mass is 10.1. The molecule has 19 heavy (non-hydrogen) atoms. The zero-order valence-electron chi connectivity index (χ0n) is 11.6. The van der Waals surface area contributed by atoms with E-state index in [1.807, 2.05) is 51.1 Å². The first kappa shape index (κ1) is 13.3. The summed E-state index contributed by atoms with van der Waals surface area (Å²) in [6.45, 7) is 6.06. The van der Waals surface area contributed by atoms with E-state index in [9.17, 15) is 0 Å². The second-order valence-corrected chi connectivity index (χ2v) is 4.65. The molecule has 0 unspecified atom stereocenters. The number of ether oxygens (including phenoxy) is 1. The molecule has 1 aromatic carbocycles. The fraction of sp³-hybridized carbons (Fsp3) is 0.333. The van der Waals surface area contributed by atoms with E-state index in [4.69, 9.17) is 10.5 Å². The van der Waals surface area contributed by atoms with Crippen LogP contribution in [0.4, 0.5) is 5.95 Å². The van der Waals surface area contributed by atoms with Gasteiger partial charge in [-0.05, 0) is 50.6 Å². The largest absolute Gasteiger partial charge is 0.491 e. The summed E-state index contributed by atoms with van der Waals surface area (Å²) < 4.78 is 5.62. The van der Waals surface area contributed by atoms with Crippen LogP contribution in [0.1, 0.15) is 26.5 Å². The molecule has 2 aromatic rings. The number of benzene rings is 1. The molecule has 2 N–H and O–H groups in total. The molecular formula is C15H19N3O. The van der Waals surface area contributed by atoms with Crippen LogP contribution < -0.4 is 10.5 Å². The minimum Gasteiger partial charge on any atom is -0.491 e. The molecule has 0 atom stereocenters. The Balaban J connectivity index is 2.29. The highest BCUT2D eigenvalue weighted by Gasteiger charge is 2.05. The summed E-state index contributed by atoms with van der Waals surface area (Å²) in [5, 5.41) is 0. The molecule has 4 nitrogen and oxygen atoms in total. The molecule has 0 fully saturated rings. The van der Waals surface area contributed by atoms with Gasteiger partial charge in [-0.1, -0.05) is 6.92 Å². The van der Waals surface area contributed by atoms with Crippen molar-refractivity contribution in [1.29, 1.82) is 0 Å². The van der Waals surface area contributed by atoms with Gasteiger partial charge in [0.15, 0.2) is 0 Å². The third-order valence-electron chi connectivity index (χ3n) is 2.68. The number of aromatic nitrogens is 2. The summed E-state index contributed by atoms with van der Waals surface area (Å²) >= 11 is 0. The molecule has 0 radical (unpaired) electrons. The van der Waals surface area contributed by atoms with Crippen LogP contribution in [0, 0.1) is 0 Å². The number of anilines is 1. The van der Waals surface area contributed by atoms with Crippen LogP contribution in [0.2, 0.25) is 0 Å². The summed E-state index contributed by atoms with van der Waals surface area (Å²) in [6, 6.07) is 9.82. The molecule has 0 aliphatic heterocycles. The Bertz CT molecular complexity index is 550. The van der Waals surface area contributed by atoms with Crippen molar-refractivity contribution in [1.82, 2.24) is 9.97 Å². The van der Waals surface area contributed by atoms with E-state index in [2.05, 4.69) is 9.97 Å². The van der Waals surface area contributed by atoms with Crippen molar-refractivity contribution in [3.8, 4) is 17.0 Å². The van der Waals surface area contributed by atoms with E-state index in [1.165, 1.54) is 0 Å². The van der Waals surface area contributed by atoms with Gasteiger partial charge >= 0.3 is 0 Å². The van der Waals surface area contributed by atoms with Crippen LogP contribution in [-0.4, -0.2) is 16.1 Å². The van der Waals surface area contributed by atoms with Crippen molar-refractivity contribution in [2.24, 2.45) is 0 Å². The number of nitrogen functional groups attached to an aromatic ring is 1. The fourth-order valence-electron chi connectivity index (χ4n) is 1.82. The average Bonchev–Trinajstić information content (AvgIpc) is 2.38. The zero-order valence-corrected chi connectivity index (χ0v) is 11.6. The average molecular weight is 257 g/mol. The predicted molar refractivity (Wildman–Crippen MR) is 77.0 cm³/mol. The Morgan fingerprint density at radius 1 is 1.16 bits per heavy atom. The summed E-state index contributed by atoms with van der Waals surface area (Å²) in [5.74, 6) is 1.17. The van der Waals surface area contributed by atoms with Crippen molar-refractivity contribution in [2.75, 3.05) is 5.73 Å². The number of hydrogen-bond donors (Lipinski definition) is 1. The van der Waals surface area contributed by atoms with Gasteiger partial charge < -0.3 is 10.5 Å². The van der Waals surface area contributed by atoms with Crippen molar-refractivity contribution < 1.29 is 4.74 Å².